The third-order valence-electron chi connectivity index (χ3n) is 5.38. The highest BCUT2D eigenvalue weighted by Gasteiger charge is 2.21. The van der Waals surface area contributed by atoms with E-state index in [-0.39, 0.29) is 5.91 Å². The fourth-order valence-electron chi connectivity index (χ4n) is 3.60. The van der Waals surface area contributed by atoms with E-state index in [1.807, 2.05) is 42.5 Å². The molecule has 162 valence electrons. The maximum atomic E-state index is 12.4. The lowest BCUT2D eigenvalue weighted by Gasteiger charge is -2.33. The molecule has 2 aromatic carbocycles. The van der Waals surface area contributed by atoms with Crippen LogP contribution in [0.2, 0.25) is 5.02 Å². The molecule has 31 heavy (non-hydrogen) atoms. The molecule has 0 bridgehead atoms. The lowest BCUT2D eigenvalue weighted by atomic mass is 10.1. The summed E-state index contributed by atoms with van der Waals surface area (Å²) >= 11 is 5.93. The van der Waals surface area contributed by atoms with Crippen LogP contribution in [-0.4, -0.2) is 58.6 Å². The highest BCUT2D eigenvalue weighted by atomic mass is 35.5. The number of amides is 1. The molecule has 0 unspecified atom stereocenters. The van der Waals surface area contributed by atoms with E-state index in [0.717, 1.165) is 43.9 Å². The lowest BCUT2D eigenvalue weighted by Crippen LogP contribution is -2.48. The maximum Gasteiger partial charge on any atom is 0.241 e. The van der Waals surface area contributed by atoms with Gasteiger partial charge in [0.2, 0.25) is 17.6 Å². The van der Waals surface area contributed by atoms with Gasteiger partial charge in [-0.15, -0.1) is 0 Å². The Kier molecular flexibility index (Phi) is 6.96. The Morgan fingerprint density at radius 2 is 1.84 bits per heavy atom. The molecule has 1 aliphatic heterocycles. The molecule has 1 saturated heterocycles. The fraction of sp³-hybridized carbons (Fsp3) is 0.348. The Hall–Kier alpha value is -2.74. The average Bonchev–Trinajstić information content (AvgIpc) is 3.24. The number of anilines is 1. The van der Waals surface area contributed by atoms with E-state index in [4.69, 9.17) is 16.1 Å². The van der Waals surface area contributed by atoms with Crippen molar-refractivity contribution in [2.45, 2.75) is 19.9 Å². The number of rotatable bonds is 7. The lowest BCUT2D eigenvalue weighted by molar-refractivity contribution is -0.117. The number of hydrogen-bond donors (Lipinski definition) is 1. The van der Waals surface area contributed by atoms with E-state index in [9.17, 15) is 4.79 Å². The molecule has 0 saturated carbocycles. The van der Waals surface area contributed by atoms with Gasteiger partial charge in [-0.05, 0) is 48.4 Å². The Morgan fingerprint density at radius 1 is 1.10 bits per heavy atom. The molecular formula is C23H26ClN5O2. The van der Waals surface area contributed by atoms with E-state index in [1.54, 1.807) is 0 Å². The van der Waals surface area contributed by atoms with E-state index >= 15 is 0 Å². The summed E-state index contributed by atoms with van der Waals surface area (Å²) in [5.41, 5.74) is 2.95. The van der Waals surface area contributed by atoms with E-state index in [0.29, 0.717) is 29.8 Å². The van der Waals surface area contributed by atoms with E-state index in [1.165, 1.54) is 5.56 Å². The van der Waals surface area contributed by atoms with Crippen LogP contribution in [-0.2, 0) is 17.8 Å². The smallest absolute Gasteiger partial charge is 0.241 e. The topological polar surface area (TPSA) is 74.5 Å². The molecule has 1 aromatic heterocycles. The second-order valence-corrected chi connectivity index (χ2v) is 8.11. The predicted molar refractivity (Wildman–Crippen MR) is 121 cm³/mol. The van der Waals surface area contributed by atoms with Gasteiger partial charge in [-0.3, -0.25) is 14.6 Å². The molecule has 1 fully saturated rings. The van der Waals surface area contributed by atoms with Crippen LogP contribution in [0.1, 0.15) is 18.4 Å². The Morgan fingerprint density at radius 3 is 2.58 bits per heavy atom. The molecule has 1 N–H and O–H groups in total. The Balaban J connectivity index is 1.23. The van der Waals surface area contributed by atoms with Crippen molar-refractivity contribution in [1.29, 1.82) is 0 Å². The number of hydrogen-bond acceptors (Lipinski definition) is 6. The van der Waals surface area contributed by atoms with Gasteiger partial charge in [0.25, 0.3) is 0 Å². The van der Waals surface area contributed by atoms with Crippen molar-refractivity contribution in [1.82, 2.24) is 19.9 Å². The first-order valence-electron chi connectivity index (χ1n) is 10.5. The molecular weight excluding hydrogens is 414 g/mol. The third kappa shape index (κ3) is 5.91. The first kappa shape index (κ1) is 21.5. The number of halogens is 1. The van der Waals surface area contributed by atoms with Gasteiger partial charge >= 0.3 is 0 Å². The van der Waals surface area contributed by atoms with Crippen molar-refractivity contribution >= 4 is 23.2 Å². The second kappa shape index (κ2) is 10.0. The zero-order chi connectivity index (χ0) is 21.6. The summed E-state index contributed by atoms with van der Waals surface area (Å²) in [6.07, 6.45) is 0.951. The molecule has 0 aliphatic carbocycles. The van der Waals surface area contributed by atoms with Gasteiger partial charge < -0.3 is 9.84 Å². The summed E-state index contributed by atoms with van der Waals surface area (Å²) in [4.78, 5) is 21.3. The number of piperazine rings is 1. The van der Waals surface area contributed by atoms with Crippen LogP contribution in [0.25, 0.3) is 11.4 Å². The summed E-state index contributed by atoms with van der Waals surface area (Å²) in [5, 5.41) is 7.74. The largest absolute Gasteiger partial charge is 0.338 e. The van der Waals surface area contributed by atoms with Gasteiger partial charge in [-0.1, -0.05) is 35.8 Å². The molecule has 0 spiro atoms. The number of nitrogens with one attached hydrogen (secondary N) is 1. The van der Waals surface area contributed by atoms with Gasteiger partial charge in [-0.25, -0.2) is 0 Å². The number of carbonyl (C=O) groups excluding carboxylic acids is 1. The normalized spacial score (nSPS) is 15.2. The number of aromatic nitrogens is 2. The van der Waals surface area contributed by atoms with Crippen LogP contribution in [0.4, 0.5) is 5.69 Å². The van der Waals surface area contributed by atoms with Crippen LogP contribution < -0.4 is 5.32 Å². The molecule has 1 aliphatic rings. The summed E-state index contributed by atoms with van der Waals surface area (Å²) in [6.45, 7) is 6.43. The van der Waals surface area contributed by atoms with Gasteiger partial charge in [0.1, 0.15) is 0 Å². The SMILES string of the molecule is CCc1cccc(NC(=O)CN2CCN(Cc3nc(-c4ccc(Cl)cc4)no3)CC2)c1. The minimum absolute atomic E-state index is 0.0196. The van der Waals surface area contributed by atoms with Crippen molar-refractivity contribution in [3.8, 4) is 11.4 Å². The summed E-state index contributed by atoms with van der Waals surface area (Å²) in [6, 6.07) is 15.4. The first-order valence-corrected chi connectivity index (χ1v) is 10.9. The van der Waals surface area contributed by atoms with Crippen LogP contribution in [0, 0.1) is 0 Å². The first-order chi connectivity index (χ1) is 15.1. The van der Waals surface area contributed by atoms with Crippen molar-refractivity contribution in [3.63, 3.8) is 0 Å². The monoisotopic (exact) mass is 439 g/mol. The molecule has 8 heteroatoms. The van der Waals surface area contributed by atoms with Gasteiger partial charge in [0, 0.05) is 42.5 Å². The van der Waals surface area contributed by atoms with Crippen LogP contribution in [0.15, 0.2) is 53.1 Å². The van der Waals surface area contributed by atoms with Gasteiger partial charge in [-0.2, -0.15) is 4.98 Å². The molecule has 3 aromatic rings. The standard InChI is InChI=1S/C23H26ClN5O2/c1-2-17-4-3-5-20(14-17)25-21(30)15-28-10-12-29(13-11-28)16-22-26-23(27-31-22)18-6-8-19(24)9-7-18/h3-9,14H,2,10-13,15-16H2,1H3,(H,25,30). The van der Waals surface area contributed by atoms with Gasteiger partial charge in [0.15, 0.2) is 0 Å². The fourth-order valence-corrected chi connectivity index (χ4v) is 3.73. The van der Waals surface area contributed by atoms with Crippen molar-refractivity contribution in [3.05, 3.63) is 65.0 Å². The maximum absolute atomic E-state index is 12.4. The molecule has 1 amide bonds. The molecule has 0 atom stereocenters. The average molecular weight is 440 g/mol. The number of nitrogens with zero attached hydrogens (tertiary/aromatic N) is 4. The highest BCUT2D eigenvalue weighted by Crippen LogP contribution is 2.19. The molecule has 2 heterocycles. The number of benzene rings is 2. The number of carbonyl (C=O) groups is 1. The van der Waals surface area contributed by atoms with Crippen LogP contribution in [0.5, 0.6) is 0 Å². The predicted octanol–water partition coefficient (Wildman–Crippen LogP) is 3.71. The van der Waals surface area contributed by atoms with Crippen LogP contribution in [0.3, 0.4) is 0 Å². The second-order valence-electron chi connectivity index (χ2n) is 7.67. The summed E-state index contributed by atoms with van der Waals surface area (Å²) < 4.78 is 5.42. The summed E-state index contributed by atoms with van der Waals surface area (Å²) in [7, 11) is 0. The third-order valence-corrected chi connectivity index (χ3v) is 5.63. The van der Waals surface area contributed by atoms with Crippen molar-refractivity contribution in [2.75, 3.05) is 38.0 Å². The van der Waals surface area contributed by atoms with E-state index in [2.05, 4.69) is 38.2 Å². The molecule has 0 radical (unpaired) electrons. The van der Waals surface area contributed by atoms with Crippen molar-refractivity contribution in [2.24, 2.45) is 0 Å². The minimum atomic E-state index is 0.0196. The van der Waals surface area contributed by atoms with Crippen molar-refractivity contribution < 1.29 is 9.32 Å². The zero-order valence-corrected chi connectivity index (χ0v) is 18.3. The number of aryl methyl sites for hydroxylation is 1. The minimum Gasteiger partial charge on any atom is -0.338 e. The Labute approximate surface area is 187 Å². The summed E-state index contributed by atoms with van der Waals surface area (Å²) in [5.74, 6) is 1.17. The van der Waals surface area contributed by atoms with E-state index < -0.39 is 0 Å². The Bertz CT molecular complexity index is 1010. The quantitative estimate of drug-likeness (QED) is 0.605. The van der Waals surface area contributed by atoms with Gasteiger partial charge in [0.05, 0.1) is 13.1 Å². The zero-order valence-electron chi connectivity index (χ0n) is 17.6. The molecule has 7 nitrogen and oxygen atoms in total. The van der Waals surface area contributed by atoms with Crippen LogP contribution >= 0.6 is 11.6 Å². The highest BCUT2D eigenvalue weighted by molar-refractivity contribution is 6.30. The molecule has 4 rings (SSSR count).